The first kappa shape index (κ1) is 16.3. The Kier molecular flexibility index (Phi) is 5.77. The van der Waals surface area contributed by atoms with Crippen molar-refractivity contribution in [2.24, 2.45) is 5.10 Å². The highest BCUT2D eigenvalue weighted by Gasteiger charge is 2.24. The normalized spacial score (nSPS) is 21.7. The molecule has 2 unspecified atom stereocenters. The molecule has 0 radical (unpaired) electrons. The van der Waals surface area contributed by atoms with E-state index in [9.17, 15) is 4.79 Å². The summed E-state index contributed by atoms with van der Waals surface area (Å²) in [5.74, 6) is 0.0558. The highest BCUT2D eigenvalue weighted by Crippen LogP contribution is 2.11. The second-order valence-electron chi connectivity index (χ2n) is 5.73. The lowest BCUT2D eigenvalue weighted by atomic mass is 10.1. The fraction of sp³-hybridized carbons (Fsp3) is 0.500. The summed E-state index contributed by atoms with van der Waals surface area (Å²) < 4.78 is 0. The predicted octanol–water partition coefficient (Wildman–Crippen LogP) is 1.24. The van der Waals surface area contributed by atoms with Crippen molar-refractivity contribution in [3.63, 3.8) is 0 Å². The molecule has 2 atom stereocenters. The van der Waals surface area contributed by atoms with Crippen molar-refractivity contribution < 1.29 is 4.79 Å². The van der Waals surface area contributed by atoms with Gasteiger partial charge in [-0.3, -0.25) is 15.5 Å². The Balaban J connectivity index is 1.87. The number of rotatable bonds is 6. The third-order valence-corrected chi connectivity index (χ3v) is 3.60. The quantitative estimate of drug-likeness (QED) is 0.546. The maximum Gasteiger partial charge on any atom is 0.224 e. The number of hydrogen-bond donors (Lipinski definition) is 3. The van der Waals surface area contributed by atoms with Crippen molar-refractivity contribution in [3.05, 3.63) is 29.8 Å². The topological polar surface area (TPSA) is 68.8 Å². The van der Waals surface area contributed by atoms with E-state index in [2.05, 4.69) is 33.0 Å². The second-order valence-corrected chi connectivity index (χ2v) is 5.73. The van der Waals surface area contributed by atoms with Gasteiger partial charge in [-0.05, 0) is 24.1 Å². The van der Waals surface area contributed by atoms with E-state index in [4.69, 9.17) is 0 Å². The van der Waals surface area contributed by atoms with Crippen LogP contribution in [0.15, 0.2) is 29.4 Å². The first-order valence-electron chi connectivity index (χ1n) is 7.70. The molecule has 120 valence electrons. The first-order chi connectivity index (χ1) is 10.6. The lowest BCUT2D eigenvalue weighted by Gasteiger charge is -2.30. The monoisotopic (exact) mass is 303 g/mol. The Bertz CT molecular complexity index is 512. The molecule has 0 saturated carbocycles. The Hall–Kier alpha value is -2.08. The van der Waals surface area contributed by atoms with Gasteiger partial charge in [0.15, 0.2) is 6.29 Å². The summed E-state index contributed by atoms with van der Waals surface area (Å²) >= 11 is 0. The zero-order chi connectivity index (χ0) is 15.9. The molecule has 6 heteroatoms. The molecule has 0 aromatic heterocycles. The second kappa shape index (κ2) is 7.79. The minimum absolute atomic E-state index is 0.0558. The van der Waals surface area contributed by atoms with E-state index in [-0.39, 0.29) is 18.2 Å². The van der Waals surface area contributed by atoms with Crippen molar-refractivity contribution >= 4 is 17.8 Å². The lowest BCUT2D eigenvalue weighted by molar-refractivity contribution is -0.124. The Morgan fingerprint density at radius 2 is 2.09 bits per heavy atom. The summed E-state index contributed by atoms with van der Waals surface area (Å²) in [4.78, 5) is 13.7. The highest BCUT2D eigenvalue weighted by molar-refractivity contribution is 5.80. The summed E-state index contributed by atoms with van der Waals surface area (Å²) in [5, 5.41) is 10.4. The zero-order valence-electron chi connectivity index (χ0n) is 13.5. The maximum absolute atomic E-state index is 11.6. The zero-order valence-corrected chi connectivity index (χ0v) is 13.5. The first-order valence-corrected chi connectivity index (χ1v) is 7.70. The van der Waals surface area contributed by atoms with E-state index in [0.717, 1.165) is 24.1 Å². The SMILES string of the molecule is CCCC1CC(=O)NC(N/N=C/c2ccc(N(C)C)cc2)N1. The van der Waals surface area contributed by atoms with Crippen LogP contribution in [0.5, 0.6) is 0 Å². The fourth-order valence-electron chi connectivity index (χ4n) is 2.43. The van der Waals surface area contributed by atoms with E-state index in [0.29, 0.717) is 6.42 Å². The van der Waals surface area contributed by atoms with Crippen molar-refractivity contribution in [3.8, 4) is 0 Å². The molecule has 0 aliphatic carbocycles. The fourth-order valence-corrected chi connectivity index (χ4v) is 2.43. The van der Waals surface area contributed by atoms with Gasteiger partial charge in [0.05, 0.1) is 6.21 Å². The van der Waals surface area contributed by atoms with E-state index in [1.54, 1.807) is 6.21 Å². The summed E-state index contributed by atoms with van der Waals surface area (Å²) in [6, 6.07) is 8.31. The number of amides is 1. The minimum atomic E-state index is -0.310. The van der Waals surface area contributed by atoms with Crippen LogP contribution in [-0.4, -0.2) is 38.5 Å². The Morgan fingerprint density at radius 3 is 2.73 bits per heavy atom. The molecule has 2 rings (SSSR count). The van der Waals surface area contributed by atoms with Gasteiger partial charge in [0.25, 0.3) is 0 Å². The number of carbonyl (C=O) groups excluding carboxylic acids is 1. The van der Waals surface area contributed by atoms with Gasteiger partial charge in [-0.25, -0.2) is 0 Å². The van der Waals surface area contributed by atoms with Gasteiger partial charge in [0.1, 0.15) is 0 Å². The van der Waals surface area contributed by atoms with E-state index in [1.807, 2.05) is 38.4 Å². The third-order valence-electron chi connectivity index (χ3n) is 3.60. The van der Waals surface area contributed by atoms with Crippen LogP contribution in [0, 0.1) is 0 Å². The van der Waals surface area contributed by atoms with E-state index in [1.165, 1.54) is 0 Å². The molecule has 1 aromatic carbocycles. The lowest BCUT2D eigenvalue weighted by Crippen LogP contribution is -2.61. The van der Waals surface area contributed by atoms with Crippen LogP contribution in [0.4, 0.5) is 5.69 Å². The van der Waals surface area contributed by atoms with Crippen LogP contribution >= 0.6 is 0 Å². The van der Waals surface area contributed by atoms with Crippen LogP contribution in [-0.2, 0) is 4.79 Å². The molecule has 6 nitrogen and oxygen atoms in total. The van der Waals surface area contributed by atoms with Crippen molar-refractivity contribution in [2.45, 2.75) is 38.5 Å². The number of anilines is 1. The van der Waals surface area contributed by atoms with Crippen LogP contribution < -0.4 is 21.0 Å². The van der Waals surface area contributed by atoms with Crippen LogP contribution in [0.2, 0.25) is 0 Å². The number of nitrogens with one attached hydrogen (secondary N) is 3. The summed E-state index contributed by atoms with van der Waals surface area (Å²) in [7, 11) is 4.02. The van der Waals surface area contributed by atoms with Crippen molar-refractivity contribution in [1.29, 1.82) is 0 Å². The smallest absolute Gasteiger partial charge is 0.224 e. The summed E-state index contributed by atoms with van der Waals surface area (Å²) in [6.07, 6.45) is 4.01. The molecule has 0 bridgehead atoms. The molecule has 1 aromatic rings. The van der Waals surface area contributed by atoms with Gasteiger partial charge in [-0.1, -0.05) is 25.5 Å². The number of hydrogen-bond acceptors (Lipinski definition) is 5. The Labute approximate surface area is 132 Å². The molecule has 1 amide bonds. The molecule has 1 aliphatic heterocycles. The van der Waals surface area contributed by atoms with Crippen molar-refractivity contribution in [1.82, 2.24) is 16.1 Å². The Morgan fingerprint density at radius 1 is 1.36 bits per heavy atom. The average molecular weight is 303 g/mol. The molecule has 1 saturated heterocycles. The van der Waals surface area contributed by atoms with Gasteiger partial charge in [-0.15, -0.1) is 0 Å². The average Bonchev–Trinajstić information content (AvgIpc) is 2.47. The van der Waals surface area contributed by atoms with E-state index >= 15 is 0 Å². The molecule has 0 spiro atoms. The molecule has 22 heavy (non-hydrogen) atoms. The van der Waals surface area contributed by atoms with Gasteiger partial charge in [-0.2, -0.15) is 5.10 Å². The highest BCUT2D eigenvalue weighted by atomic mass is 16.2. The minimum Gasteiger partial charge on any atom is -0.378 e. The third kappa shape index (κ3) is 4.73. The van der Waals surface area contributed by atoms with E-state index < -0.39 is 0 Å². The maximum atomic E-state index is 11.6. The molecule has 1 heterocycles. The number of benzene rings is 1. The number of hydrazone groups is 1. The van der Waals surface area contributed by atoms with Gasteiger partial charge in [0.2, 0.25) is 5.91 Å². The number of nitrogens with zero attached hydrogens (tertiary/aromatic N) is 2. The molecule has 3 N–H and O–H groups in total. The standard InChI is InChI=1S/C16H25N5O/c1-4-5-13-10-15(22)19-16(18-13)20-17-11-12-6-8-14(9-7-12)21(2)3/h6-9,11,13,16,18,20H,4-5,10H2,1-3H3,(H,19,22)/b17-11+. The molecular formula is C16H25N5O. The van der Waals surface area contributed by atoms with Crippen LogP contribution in [0.1, 0.15) is 31.7 Å². The van der Waals surface area contributed by atoms with Gasteiger partial charge in [0, 0.05) is 32.2 Å². The summed E-state index contributed by atoms with van der Waals surface area (Å²) in [5.41, 5.74) is 5.09. The van der Waals surface area contributed by atoms with Gasteiger partial charge >= 0.3 is 0 Å². The van der Waals surface area contributed by atoms with Crippen molar-refractivity contribution in [2.75, 3.05) is 19.0 Å². The predicted molar refractivity (Wildman–Crippen MR) is 89.9 cm³/mol. The molecule has 1 aliphatic rings. The van der Waals surface area contributed by atoms with Gasteiger partial charge < -0.3 is 10.2 Å². The largest absolute Gasteiger partial charge is 0.378 e. The molecule has 1 fully saturated rings. The van der Waals surface area contributed by atoms with Crippen LogP contribution in [0.25, 0.3) is 0 Å². The summed E-state index contributed by atoms with van der Waals surface area (Å²) in [6.45, 7) is 2.12. The molecular weight excluding hydrogens is 278 g/mol. The van der Waals surface area contributed by atoms with Crippen LogP contribution in [0.3, 0.4) is 0 Å². The number of carbonyl (C=O) groups is 1.